The number of nitrogens with zero attached hydrogens (tertiary/aromatic N) is 5. The normalized spacial score (nSPS) is 11.4. The molecule has 0 fully saturated rings. The van der Waals surface area contributed by atoms with E-state index in [1.807, 2.05) is 60.7 Å². The molecule has 52 heavy (non-hydrogen) atoms. The van der Waals surface area contributed by atoms with Gasteiger partial charge in [-0.2, -0.15) is 5.26 Å². The van der Waals surface area contributed by atoms with Crippen molar-refractivity contribution in [3.63, 3.8) is 0 Å². The van der Waals surface area contributed by atoms with Crippen LogP contribution in [0.1, 0.15) is 5.56 Å². The number of hydrogen-bond donors (Lipinski definition) is 0. The average Bonchev–Trinajstić information content (AvgIpc) is 3.75. The summed E-state index contributed by atoms with van der Waals surface area (Å²) in [6, 6.07) is 63.1. The van der Waals surface area contributed by atoms with E-state index in [4.69, 9.17) is 9.97 Å². The molecule has 5 heteroatoms. The summed E-state index contributed by atoms with van der Waals surface area (Å²) in [4.78, 5) is 10.3. The molecule has 242 valence electrons. The minimum absolute atomic E-state index is 0.443. The van der Waals surface area contributed by atoms with E-state index in [1.165, 1.54) is 10.8 Å². The number of benzene rings is 7. The Balaban J connectivity index is 1.40. The molecule has 5 nitrogen and oxygen atoms in total. The minimum atomic E-state index is 0.443. The lowest BCUT2D eigenvalue weighted by Gasteiger charge is -2.13. The van der Waals surface area contributed by atoms with Crippen LogP contribution in [0.15, 0.2) is 176 Å². The van der Waals surface area contributed by atoms with Crippen LogP contribution < -0.4 is 0 Å². The summed E-state index contributed by atoms with van der Waals surface area (Å²) in [6.45, 7) is 0. The van der Waals surface area contributed by atoms with Gasteiger partial charge in [-0.15, -0.1) is 0 Å². The van der Waals surface area contributed by atoms with Gasteiger partial charge in [0.25, 0.3) is 0 Å². The molecule has 0 radical (unpaired) electrons. The third kappa shape index (κ3) is 4.49. The zero-order valence-corrected chi connectivity index (χ0v) is 28.0. The Morgan fingerprint density at radius 3 is 1.62 bits per heavy atom. The zero-order chi connectivity index (χ0) is 34.6. The summed E-state index contributed by atoms with van der Waals surface area (Å²) in [5.41, 5.74) is 10.8. The lowest BCUT2D eigenvalue weighted by molar-refractivity contribution is 1.15. The molecule has 0 N–H and O–H groups in total. The molecular formula is C47H29N5. The van der Waals surface area contributed by atoms with Gasteiger partial charge in [-0.25, -0.2) is 9.97 Å². The van der Waals surface area contributed by atoms with Gasteiger partial charge in [-0.1, -0.05) is 140 Å². The van der Waals surface area contributed by atoms with Crippen LogP contribution in [0.5, 0.6) is 0 Å². The van der Waals surface area contributed by atoms with Crippen molar-refractivity contribution in [2.75, 3.05) is 0 Å². The minimum Gasteiger partial charge on any atom is -0.307 e. The molecule has 0 aliphatic rings. The number of hydrogen-bond acceptors (Lipinski definition) is 3. The summed E-state index contributed by atoms with van der Waals surface area (Å²) in [5.74, 6) is 0.573. The maximum absolute atomic E-state index is 10.9. The molecule has 3 aromatic heterocycles. The molecule has 0 unspecified atom stereocenters. The van der Waals surface area contributed by atoms with Crippen molar-refractivity contribution in [2.24, 2.45) is 0 Å². The van der Waals surface area contributed by atoms with Gasteiger partial charge < -0.3 is 9.13 Å². The smallest absolute Gasteiger partial charge is 0.160 e. The van der Waals surface area contributed by atoms with E-state index in [1.54, 1.807) is 0 Å². The van der Waals surface area contributed by atoms with Gasteiger partial charge in [0.1, 0.15) is 11.6 Å². The SMILES string of the molecule is N#Cc1c(-c2ccccc2)nc(-c2ccccc2)nc1-c1cccc2c1c1ccc3c4ccccc4n(-c4ccccc4)c3c1n2-c1ccccc1. The summed E-state index contributed by atoms with van der Waals surface area (Å²) >= 11 is 0. The molecule has 3 heterocycles. The third-order valence-corrected chi connectivity index (χ3v) is 9.97. The van der Waals surface area contributed by atoms with E-state index in [0.717, 1.165) is 60.9 Å². The van der Waals surface area contributed by atoms with Crippen LogP contribution in [0, 0.1) is 11.3 Å². The van der Waals surface area contributed by atoms with E-state index in [0.29, 0.717) is 22.8 Å². The second-order valence-electron chi connectivity index (χ2n) is 12.9. The van der Waals surface area contributed by atoms with Crippen molar-refractivity contribution in [2.45, 2.75) is 0 Å². The fourth-order valence-electron chi connectivity index (χ4n) is 7.77. The lowest BCUT2D eigenvalue weighted by atomic mass is 9.96. The first kappa shape index (κ1) is 29.6. The van der Waals surface area contributed by atoms with Gasteiger partial charge in [0.2, 0.25) is 0 Å². The van der Waals surface area contributed by atoms with E-state index in [-0.39, 0.29) is 0 Å². The largest absolute Gasteiger partial charge is 0.307 e. The second-order valence-corrected chi connectivity index (χ2v) is 12.9. The van der Waals surface area contributed by atoms with Crippen LogP contribution in [0.4, 0.5) is 0 Å². The molecule has 0 saturated carbocycles. The fraction of sp³-hybridized carbons (Fsp3) is 0. The third-order valence-electron chi connectivity index (χ3n) is 9.97. The Morgan fingerprint density at radius 2 is 0.942 bits per heavy atom. The van der Waals surface area contributed by atoms with Crippen LogP contribution in [0.25, 0.3) is 88.9 Å². The first-order valence-corrected chi connectivity index (χ1v) is 17.3. The molecule has 0 bridgehead atoms. The van der Waals surface area contributed by atoms with Crippen LogP contribution in [0.2, 0.25) is 0 Å². The number of nitriles is 1. The van der Waals surface area contributed by atoms with Crippen LogP contribution in [-0.2, 0) is 0 Å². The van der Waals surface area contributed by atoms with Crippen molar-refractivity contribution >= 4 is 43.6 Å². The van der Waals surface area contributed by atoms with E-state index in [2.05, 4.69) is 130 Å². The topological polar surface area (TPSA) is 59.4 Å². The average molecular weight is 664 g/mol. The summed E-state index contributed by atoms with van der Waals surface area (Å²) in [5, 5.41) is 15.4. The highest BCUT2D eigenvalue weighted by atomic mass is 15.0. The summed E-state index contributed by atoms with van der Waals surface area (Å²) in [6.07, 6.45) is 0. The van der Waals surface area contributed by atoms with E-state index >= 15 is 0 Å². The zero-order valence-electron chi connectivity index (χ0n) is 28.0. The molecule has 0 aliphatic carbocycles. The number of fused-ring (bicyclic) bond motifs is 7. The molecule has 0 spiro atoms. The van der Waals surface area contributed by atoms with Crippen molar-refractivity contribution < 1.29 is 0 Å². The summed E-state index contributed by atoms with van der Waals surface area (Å²) < 4.78 is 4.76. The maximum Gasteiger partial charge on any atom is 0.160 e. The number of rotatable bonds is 5. The van der Waals surface area contributed by atoms with Crippen molar-refractivity contribution in [1.29, 1.82) is 5.26 Å². The number of aromatic nitrogens is 4. The van der Waals surface area contributed by atoms with Gasteiger partial charge in [0, 0.05) is 49.6 Å². The molecule has 0 atom stereocenters. The highest BCUT2D eigenvalue weighted by Crippen LogP contribution is 2.45. The molecule has 0 amide bonds. The predicted octanol–water partition coefficient (Wildman–Crippen LogP) is 11.5. The van der Waals surface area contributed by atoms with Crippen LogP contribution >= 0.6 is 0 Å². The first-order chi connectivity index (χ1) is 25.8. The van der Waals surface area contributed by atoms with E-state index < -0.39 is 0 Å². The molecule has 0 saturated heterocycles. The van der Waals surface area contributed by atoms with Crippen LogP contribution in [-0.4, -0.2) is 19.1 Å². The van der Waals surface area contributed by atoms with E-state index in [9.17, 15) is 5.26 Å². The molecule has 10 rings (SSSR count). The monoisotopic (exact) mass is 663 g/mol. The van der Waals surface area contributed by atoms with Gasteiger partial charge in [-0.3, -0.25) is 0 Å². The Labute approximate surface area is 299 Å². The Bertz CT molecular complexity index is 2990. The highest BCUT2D eigenvalue weighted by Gasteiger charge is 2.25. The molecule has 10 aromatic rings. The van der Waals surface area contributed by atoms with Gasteiger partial charge >= 0.3 is 0 Å². The Hall–Kier alpha value is -7.29. The van der Waals surface area contributed by atoms with Crippen molar-refractivity contribution in [3.8, 4) is 51.3 Å². The second kappa shape index (κ2) is 11.9. The van der Waals surface area contributed by atoms with Crippen LogP contribution in [0.3, 0.4) is 0 Å². The first-order valence-electron chi connectivity index (χ1n) is 17.3. The molecular weight excluding hydrogens is 635 g/mol. The standard InChI is InChI=1S/C47H29N5/c48-30-39-43(31-16-5-1-6-17-31)49-47(32-18-7-2-8-19-32)50-44(39)37-25-15-27-41-42(37)38-29-28-36-35-24-13-14-26-40(35)51(33-20-9-3-10-21-33)45(36)46(38)52(41)34-22-11-4-12-23-34/h1-29H. The maximum atomic E-state index is 10.9. The van der Waals surface area contributed by atoms with Gasteiger partial charge in [0.15, 0.2) is 5.82 Å². The van der Waals surface area contributed by atoms with Gasteiger partial charge in [0.05, 0.1) is 33.5 Å². The Morgan fingerprint density at radius 1 is 0.423 bits per heavy atom. The molecule has 0 aliphatic heterocycles. The quantitative estimate of drug-likeness (QED) is 0.184. The Kier molecular flexibility index (Phi) is 6.80. The lowest BCUT2D eigenvalue weighted by Crippen LogP contribution is -2.01. The number of para-hydroxylation sites is 3. The summed E-state index contributed by atoms with van der Waals surface area (Å²) in [7, 11) is 0. The predicted molar refractivity (Wildman–Crippen MR) is 212 cm³/mol. The van der Waals surface area contributed by atoms with Crippen molar-refractivity contribution in [1.82, 2.24) is 19.1 Å². The molecule has 7 aromatic carbocycles. The highest BCUT2D eigenvalue weighted by molar-refractivity contribution is 6.26. The van der Waals surface area contributed by atoms with Crippen molar-refractivity contribution in [3.05, 3.63) is 181 Å². The fourth-order valence-corrected chi connectivity index (χ4v) is 7.77. The van der Waals surface area contributed by atoms with Gasteiger partial charge in [-0.05, 0) is 36.4 Å².